The first-order valence-electron chi connectivity index (χ1n) is 7.96. The number of aromatic nitrogens is 3. The monoisotopic (exact) mass is 312 g/mol. The first-order chi connectivity index (χ1) is 10.9. The highest BCUT2D eigenvalue weighted by Crippen LogP contribution is 2.33. The number of pyridine rings is 1. The highest BCUT2D eigenvalue weighted by molar-refractivity contribution is 7.13. The van der Waals surface area contributed by atoms with Crippen molar-refractivity contribution in [3.8, 4) is 10.7 Å². The molecular weight excluding hydrogens is 292 g/mol. The summed E-state index contributed by atoms with van der Waals surface area (Å²) in [6.45, 7) is 5.66. The molecule has 1 atom stereocenters. The summed E-state index contributed by atoms with van der Waals surface area (Å²) >= 11 is 1.75. The molecule has 22 heavy (non-hydrogen) atoms. The van der Waals surface area contributed by atoms with Gasteiger partial charge in [0.25, 0.3) is 0 Å². The second-order valence-electron chi connectivity index (χ2n) is 5.82. The molecule has 0 N–H and O–H groups in total. The highest BCUT2D eigenvalue weighted by atomic mass is 32.1. The van der Waals surface area contributed by atoms with Crippen molar-refractivity contribution in [2.24, 2.45) is 0 Å². The molecule has 0 radical (unpaired) electrons. The van der Waals surface area contributed by atoms with Crippen molar-refractivity contribution in [1.29, 1.82) is 0 Å². The average molecular weight is 312 g/mol. The number of hydrogen-bond acceptors (Lipinski definition) is 4. The lowest BCUT2D eigenvalue weighted by atomic mass is 10.1. The van der Waals surface area contributed by atoms with Crippen molar-refractivity contribution in [2.45, 2.75) is 25.8 Å². The predicted molar refractivity (Wildman–Crippen MR) is 91.2 cm³/mol. The molecule has 0 spiro atoms. The zero-order valence-corrected chi connectivity index (χ0v) is 13.6. The molecule has 5 heteroatoms. The van der Waals surface area contributed by atoms with Gasteiger partial charge < -0.3 is 9.47 Å². The second kappa shape index (κ2) is 5.82. The van der Waals surface area contributed by atoms with Gasteiger partial charge in [0.15, 0.2) is 11.5 Å². The zero-order chi connectivity index (χ0) is 14.9. The Labute approximate surface area is 134 Å². The maximum atomic E-state index is 4.87. The molecule has 4 heterocycles. The molecule has 0 amide bonds. The van der Waals surface area contributed by atoms with E-state index < -0.39 is 0 Å². The van der Waals surface area contributed by atoms with Crippen LogP contribution >= 0.6 is 11.3 Å². The molecule has 0 aromatic carbocycles. The van der Waals surface area contributed by atoms with Crippen LogP contribution in [0.1, 0.15) is 25.8 Å². The van der Waals surface area contributed by atoms with Gasteiger partial charge in [0.1, 0.15) is 5.52 Å². The molecule has 1 aliphatic heterocycles. The van der Waals surface area contributed by atoms with Crippen LogP contribution in [0.3, 0.4) is 0 Å². The third kappa shape index (κ3) is 2.34. The first-order valence-corrected chi connectivity index (χ1v) is 8.84. The third-order valence-corrected chi connectivity index (χ3v) is 5.35. The highest BCUT2D eigenvalue weighted by Gasteiger charge is 2.25. The van der Waals surface area contributed by atoms with Crippen LogP contribution in [0.5, 0.6) is 0 Å². The Morgan fingerprint density at radius 1 is 1.32 bits per heavy atom. The molecule has 1 saturated heterocycles. The SMILES string of the molecule is CCN1CCCC(n2c(-c3cccs3)nc3cccnc32)C1. The van der Waals surface area contributed by atoms with E-state index in [2.05, 4.69) is 45.0 Å². The zero-order valence-electron chi connectivity index (χ0n) is 12.8. The molecule has 3 aromatic heterocycles. The van der Waals surface area contributed by atoms with Crippen LogP contribution in [-0.4, -0.2) is 39.1 Å². The Kier molecular flexibility index (Phi) is 3.68. The number of likely N-dealkylation sites (tertiary alicyclic amines) is 1. The van der Waals surface area contributed by atoms with Gasteiger partial charge in [-0.25, -0.2) is 9.97 Å². The summed E-state index contributed by atoms with van der Waals surface area (Å²) in [6, 6.07) is 8.75. The van der Waals surface area contributed by atoms with Crippen LogP contribution in [0.15, 0.2) is 35.8 Å². The van der Waals surface area contributed by atoms with E-state index in [0.29, 0.717) is 6.04 Å². The number of likely N-dealkylation sites (N-methyl/N-ethyl adjacent to an activating group) is 1. The van der Waals surface area contributed by atoms with E-state index in [0.717, 1.165) is 30.1 Å². The first kappa shape index (κ1) is 13.9. The molecular formula is C17H20N4S. The molecule has 0 saturated carbocycles. The van der Waals surface area contributed by atoms with Crippen LogP contribution < -0.4 is 0 Å². The Hall–Kier alpha value is -1.72. The quantitative estimate of drug-likeness (QED) is 0.737. The molecule has 1 fully saturated rings. The fourth-order valence-corrected chi connectivity index (χ4v) is 4.09. The molecule has 3 aromatic rings. The van der Waals surface area contributed by atoms with E-state index in [1.807, 2.05) is 12.3 Å². The number of hydrogen-bond donors (Lipinski definition) is 0. The van der Waals surface area contributed by atoms with Gasteiger partial charge in [-0.3, -0.25) is 0 Å². The van der Waals surface area contributed by atoms with Gasteiger partial charge in [-0.2, -0.15) is 0 Å². The maximum Gasteiger partial charge on any atom is 0.160 e. The van der Waals surface area contributed by atoms with Crippen LogP contribution in [0.25, 0.3) is 21.9 Å². The Morgan fingerprint density at radius 3 is 3.09 bits per heavy atom. The van der Waals surface area contributed by atoms with Gasteiger partial charge in [0.2, 0.25) is 0 Å². The molecule has 0 bridgehead atoms. The summed E-state index contributed by atoms with van der Waals surface area (Å²) in [6.07, 6.45) is 4.32. The van der Waals surface area contributed by atoms with Gasteiger partial charge in [-0.05, 0) is 49.5 Å². The van der Waals surface area contributed by atoms with Crippen molar-refractivity contribution in [2.75, 3.05) is 19.6 Å². The summed E-state index contributed by atoms with van der Waals surface area (Å²) < 4.78 is 2.38. The van der Waals surface area contributed by atoms with Gasteiger partial charge >= 0.3 is 0 Å². The Balaban J connectivity index is 1.85. The topological polar surface area (TPSA) is 34.0 Å². The lowest BCUT2D eigenvalue weighted by Gasteiger charge is -2.33. The van der Waals surface area contributed by atoms with E-state index in [1.54, 1.807) is 11.3 Å². The molecule has 114 valence electrons. The van der Waals surface area contributed by atoms with Crippen molar-refractivity contribution >= 4 is 22.5 Å². The van der Waals surface area contributed by atoms with Crippen molar-refractivity contribution in [3.05, 3.63) is 35.8 Å². The van der Waals surface area contributed by atoms with Crippen molar-refractivity contribution < 1.29 is 0 Å². The van der Waals surface area contributed by atoms with Crippen LogP contribution in [0.4, 0.5) is 0 Å². The number of thiophene rings is 1. The van der Waals surface area contributed by atoms with E-state index in [4.69, 9.17) is 4.98 Å². The summed E-state index contributed by atoms with van der Waals surface area (Å²) in [5.74, 6) is 1.08. The lowest BCUT2D eigenvalue weighted by molar-refractivity contribution is 0.188. The van der Waals surface area contributed by atoms with Gasteiger partial charge in [-0.15, -0.1) is 11.3 Å². The van der Waals surface area contributed by atoms with Crippen molar-refractivity contribution in [3.63, 3.8) is 0 Å². The number of rotatable bonds is 3. The van der Waals surface area contributed by atoms with E-state index in [1.165, 1.54) is 24.3 Å². The van der Waals surface area contributed by atoms with Crippen molar-refractivity contribution in [1.82, 2.24) is 19.4 Å². The summed E-state index contributed by atoms with van der Waals surface area (Å²) in [5.41, 5.74) is 2.02. The number of imidazole rings is 1. The minimum Gasteiger partial charge on any atom is -0.304 e. The normalized spacial score (nSPS) is 19.8. The van der Waals surface area contributed by atoms with Gasteiger partial charge in [0.05, 0.1) is 4.88 Å². The Bertz CT molecular complexity index is 762. The fraction of sp³-hybridized carbons (Fsp3) is 0.412. The summed E-state index contributed by atoms with van der Waals surface area (Å²) in [4.78, 5) is 13.3. The maximum absolute atomic E-state index is 4.87. The minimum absolute atomic E-state index is 0.464. The summed E-state index contributed by atoms with van der Waals surface area (Å²) in [5, 5.41) is 2.12. The molecule has 0 aliphatic carbocycles. The largest absolute Gasteiger partial charge is 0.304 e. The average Bonchev–Trinajstić information content (AvgIpc) is 3.22. The number of fused-ring (bicyclic) bond motifs is 1. The molecule has 1 aliphatic rings. The summed E-state index contributed by atoms with van der Waals surface area (Å²) in [7, 11) is 0. The van der Waals surface area contributed by atoms with E-state index >= 15 is 0 Å². The van der Waals surface area contributed by atoms with Crippen LogP contribution in [0, 0.1) is 0 Å². The van der Waals surface area contributed by atoms with E-state index in [9.17, 15) is 0 Å². The second-order valence-corrected chi connectivity index (χ2v) is 6.77. The Morgan fingerprint density at radius 2 is 2.27 bits per heavy atom. The smallest absolute Gasteiger partial charge is 0.160 e. The lowest BCUT2D eigenvalue weighted by Crippen LogP contribution is -2.36. The number of piperidine rings is 1. The van der Waals surface area contributed by atoms with Gasteiger partial charge in [-0.1, -0.05) is 13.0 Å². The number of nitrogens with zero attached hydrogens (tertiary/aromatic N) is 4. The van der Waals surface area contributed by atoms with Gasteiger partial charge in [0, 0.05) is 18.8 Å². The minimum atomic E-state index is 0.464. The molecule has 1 unspecified atom stereocenters. The fourth-order valence-electron chi connectivity index (χ4n) is 3.38. The molecule has 4 rings (SSSR count). The standard InChI is InChI=1S/C17H20N4S/c1-2-20-10-4-6-13(12-20)21-16-14(7-3-9-18-16)19-17(21)15-8-5-11-22-15/h3,5,7-9,11,13H,2,4,6,10,12H2,1H3. The molecule has 4 nitrogen and oxygen atoms in total. The van der Waals surface area contributed by atoms with E-state index in [-0.39, 0.29) is 0 Å². The van der Waals surface area contributed by atoms with Crippen LogP contribution in [0.2, 0.25) is 0 Å². The third-order valence-electron chi connectivity index (χ3n) is 4.48. The van der Waals surface area contributed by atoms with Crippen LogP contribution in [-0.2, 0) is 0 Å². The predicted octanol–water partition coefficient (Wildman–Crippen LogP) is 3.82.